The summed E-state index contributed by atoms with van der Waals surface area (Å²) in [6, 6.07) is 14.0. The van der Waals surface area contributed by atoms with Crippen molar-refractivity contribution < 1.29 is 19.2 Å². The fraction of sp³-hybridized carbons (Fsp3) is 0.300. The van der Waals surface area contributed by atoms with Gasteiger partial charge in [-0.25, -0.2) is 0 Å². The number of likely N-dealkylation sites (N-methyl/N-ethyl adjacent to an activating group) is 1. The van der Waals surface area contributed by atoms with Gasteiger partial charge < -0.3 is 19.9 Å². The molecule has 0 atom stereocenters. The maximum Gasteiger partial charge on any atom is 0.262 e. The van der Waals surface area contributed by atoms with E-state index in [0.717, 1.165) is 13.1 Å². The van der Waals surface area contributed by atoms with E-state index in [1.54, 1.807) is 48.5 Å². The molecule has 7 heteroatoms. The summed E-state index contributed by atoms with van der Waals surface area (Å²) in [7, 11) is 2.12. The molecule has 0 spiro atoms. The zero-order valence-corrected chi connectivity index (χ0v) is 16.0. The maximum atomic E-state index is 12.8. The molecule has 2 aromatic rings. The first-order chi connectivity index (χ1) is 13.0. The molecule has 6 nitrogen and oxygen atoms in total. The molecular weight excluding hydrogens is 366 g/mol. The minimum atomic E-state index is -0.349. The van der Waals surface area contributed by atoms with Gasteiger partial charge in [0, 0.05) is 0 Å². The van der Waals surface area contributed by atoms with Crippen LogP contribution in [-0.4, -0.2) is 56.5 Å². The molecular formula is C20H23ClN3O3+. The van der Waals surface area contributed by atoms with Crippen LogP contribution in [-0.2, 0) is 4.79 Å². The smallest absolute Gasteiger partial charge is 0.262 e. The van der Waals surface area contributed by atoms with Gasteiger partial charge in [-0.05, 0) is 24.3 Å². The van der Waals surface area contributed by atoms with Crippen molar-refractivity contribution in [3.05, 3.63) is 59.1 Å². The maximum absolute atomic E-state index is 12.8. The Balaban J connectivity index is 1.64. The van der Waals surface area contributed by atoms with Crippen LogP contribution in [0.15, 0.2) is 48.5 Å². The van der Waals surface area contributed by atoms with Crippen molar-refractivity contribution in [3.8, 4) is 5.75 Å². The molecule has 3 rings (SSSR count). The van der Waals surface area contributed by atoms with E-state index in [4.69, 9.17) is 16.3 Å². The summed E-state index contributed by atoms with van der Waals surface area (Å²) in [5.74, 6) is 0.0297. The van der Waals surface area contributed by atoms with Crippen molar-refractivity contribution >= 4 is 29.1 Å². The molecule has 0 bridgehead atoms. The third-order valence-electron chi connectivity index (χ3n) is 4.53. The average Bonchev–Trinajstić information content (AvgIpc) is 2.68. The number of carbonyl (C=O) groups excluding carboxylic acids is 2. The number of hydrogen-bond acceptors (Lipinski definition) is 3. The van der Waals surface area contributed by atoms with Crippen molar-refractivity contribution in [1.29, 1.82) is 0 Å². The number of nitrogens with zero attached hydrogens (tertiary/aromatic N) is 1. The second kappa shape index (κ2) is 8.88. The highest BCUT2D eigenvalue weighted by atomic mass is 35.5. The summed E-state index contributed by atoms with van der Waals surface area (Å²) in [4.78, 5) is 28.4. The summed E-state index contributed by atoms with van der Waals surface area (Å²) >= 11 is 6.02. The molecule has 2 aromatic carbocycles. The van der Waals surface area contributed by atoms with E-state index >= 15 is 0 Å². The Kier molecular flexibility index (Phi) is 6.32. The Labute approximate surface area is 163 Å². The Morgan fingerprint density at radius 1 is 1.11 bits per heavy atom. The minimum Gasteiger partial charge on any atom is -0.482 e. The number of ether oxygens (including phenoxy) is 1. The van der Waals surface area contributed by atoms with Crippen LogP contribution in [0.2, 0.25) is 5.02 Å². The van der Waals surface area contributed by atoms with E-state index in [0.29, 0.717) is 35.1 Å². The van der Waals surface area contributed by atoms with Crippen LogP contribution >= 0.6 is 11.6 Å². The van der Waals surface area contributed by atoms with Crippen molar-refractivity contribution in [1.82, 2.24) is 4.90 Å². The lowest BCUT2D eigenvalue weighted by Crippen LogP contribution is -3.12. The standard InChI is InChI=1S/C20H22ClN3O3/c1-23-10-12-24(13-11-23)20(26)15-6-2-4-8-17(15)22-19(25)14-27-18-9-5-3-7-16(18)21/h2-9H,10-14H2,1H3,(H,22,25)/p+1. The average molecular weight is 389 g/mol. The largest absolute Gasteiger partial charge is 0.482 e. The SMILES string of the molecule is C[NH+]1CCN(C(=O)c2ccccc2NC(=O)COc2ccccc2Cl)CC1. The lowest BCUT2D eigenvalue weighted by atomic mass is 10.1. The predicted molar refractivity (Wildman–Crippen MR) is 105 cm³/mol. The monoisotopic (exact) mass is 388 g/mol. The fourth-order valence-corrected chi connectivity index (χ4v) is 3.12. The lowest BCUT2D eigenvalue weighted by Gasteiger charge is -2.30. The fourth-order valence-electron chi connectivity index (χ4n) is 2.93. The van der Waals surface area contributed by atoms with E-state index in [-0.39, 0.29) is 18.4 Å². The van der Waals surface area contributed by atoms with Crippen LogP contribution in [0.1, 0.15) is 10.4 Å². The Morgan fingerprint density at radius 2 is 1.78 bits per heavy atom. The zero-order chi connectivity index (χ0) is 19.2. The Bertz CT molecular complexity index is 820. The van der Waals surface area contributed by atoms with Gasteiger partial charge in [-0.1, -0.05) is 35.9 Å². The van der Waals surface area contributed by atoms with Crippen LogP contribution in [0.25, 0.3) is 0 Å². The van der Waals surface area contributed by atoms with Crippen LogP contribution in [0.3, 0.4) is 0 Å². The lowest BCUT2D eigenvalue weighted by molar-refractivity contribution is -0.883. The van der Waals surface area contributed by atoms with E-state index in [2.05, 4.69) is 12.4 Å². The number of quaternary nitrogens is 1. The van der Waals surface area contributed by atoms with E-state index in [1.807, 2.05) is 4.90 Å². The second-order valence-corrected chi connectivity index (χ2v) is 6.97. The van der Waals surface area contributed by atoms with Gasteiger partial charge in [0.1, 0.15) is 5.75 Å². The second-order valence-electron chi connectivity index (χ2n) is 6.56. The molecule has 0 saturated carbocycles. The summed E-state index contributed by atoms with van der Waals surface area (Å²) in [6.45, 7) is 3.08. The van der Waals surface area contributed by atoms with E-state index in [1.165, 1.54) is 4.90 Å². The molecule has 27 heavy (non-hydrogen) atoms. The molecule has 0 radical (unpaired) electrons. The molecule has 0 aliphatic carbocycles. The number of halogens is 1. The van der Waals surface area contributed by atoms with Gasteiger partial charge in [0.25, 0.3) is 11.8 Å². The van der Waals surface area contributed by atoms with Crippen molar-refractivity contribution in [2.75, 3.05) is 45.2 Å². The van der Waals surface area contributed by atoms with Gasteiger partial charge >= 0.3 is 0 Å². The number of para-hydroxylation sites is 2. The molecule has 2 amide bonds. The quantitative estimate of drug-likeness (QED) is 0.812. The number of hydrogen-bond donors (Lipinski definition) is 2. The van der Waals surface area contributed by atoms with Gasteiger partial charge in [0.05, 0.1) is 49.5 Å². The number of carbonyl (C=O) groups is 2. The number of rotatable bonds is 5. The van der Waals surface area contributed by atoms with Crippen LogP contribution < -0.4 is 15.0 Å². The first kappa shape index (κ1) is 19.2. The van der Waals surface area contributed by atoms with Crippen molar-refractivity contribution in [3.63, 3.8) is 0 Å². The molecule has 1 saturated heterocycles. The summed E-state index contributed by atoms with van der Waals surface area (Å²) in [5, 5.41) is 3.21. The normalized spacial score (nSPS) is 14.7. The highest BCUT2D eigenvalue weighted by Gasteiger charge is 2.24. The highest BCUT2D eigenvalue weighted by Crippen LogP contribution is 2.23. The van der Waals surface area contributed by atoms with E-state index < -0.39 is 0 Å². The number of benzene rings is 2. The highest BCUT2D eigenvalue weighted by molar-refractivity contribution is 6.32. The predicted octanol–water partition coefficient (Wildman–Crippen LogP) is 1.33. The molecule has 0 aromatic heterocycles. The first-order valence-corrected chi connectivity index (χ1v) is 9.29. The van der Waals surface area contributed by atoms with Gasteiger partial charge in [0.2, 0.25) is 0 Å². The first-order valence-electron chi connectivity index (χ1n) is 8.91. The third-order valence-corrected chi connectivity index (χ3v) is 4.84. The molecule has 1 aliphatic rings. The molecule has 2 N–H and O–H groups in total. The number of anilines is 1. The molecule has 1 heterocycles. The number of nitrogens with one attached hydrogen (secondary N) is 2. The summed E-state index contributed by atoms with van der Waals surface area (Å²) in [5.41, 5.74) is 0.977. The zero-order valence-electron chi connectivity index (χ0n) is 15.2. The van der Waals surface area contributed by atoms with Gasteiger partial charge in [0.15, 0.2) is 6.61 Å². The summed E-state index contributed by atoms with van der Waals surface area (Å²) in [6.07, 6.45) is 0. The minimum absolute atomic E-state index is 0.0644. The van der Waals surface area contributed by atoms with Crippen LogP contribution in [0.4, 0.5) is 5.69 Å². The van der Waals surface area contributed by atoms with E-state index in [9.17, 15) is 9.59 Å². The van der Waals surface area contributed by atoms with Crippen LogP contribution in [0, 0.1) is 0 Å². The number of amides is 2. The molecule has 1 aliphatic heterocycles. The van der Waals surface area contributed by atoms with Gasteiger partial charge in [-0.2, -0.15) is 0 Å². The number of piperazine rings is 1. The molecule has 142 valence electrons. The van der Waals surface area contributed by atoms with Gasteiger partial charge in [-0.15, -0.1) is 0 Å². The van der Waals surface area contributed by atoms with Crippen LogP contribution in [0.5, 0.6) is 5.75 Å². The van der Waals surface area contributed by atoms with Crippen molar-refractivity contribution in [2.24, 2.45) is 0 Å². The third kappa shape index (κ3) is 4.99. The van der Waals surface area contributed by atoms with Crippen molar-refractivity contribution in [2.45, 2.75) is 0 Å². The Morgan fingerprint density at radius 3 is 2.52 bits per heavy atom. The summed E-state index contributed by atoms with van der Waals surface area (Å²) < 4.78 is 5.46. The Hall–Kier alpha value is -2.57. The van der Waals surface area contributed by atoms with Gasteiger partial charge in [-0.3, -0.25) is 9.59 Å². The molecule has 1 fully saturated rings. The molecule has 0 unspecified atom stereocenters. The topological polar surface area (TPSA) is 63.1 Å².